The van der Waals surface area contributed by atoms with Crippen molar-refractivity contribution in [1.82, 2.24) is 0 Å². The topological polar surface area (TPSA) is 18.5 Å². The lowest BCUT2D eigenvalue weighted by atomic mass is 9.97. The van der Waals surface area contributed by atoms with Gasteiger partial charge in [0.05, 0.1) is 14.2 Å². The smallest absolute Gasteiger partial charge is 0.122 e. The lowest BCUT2D eigenvalue weighted by Gasteiger charge is -2.09. The number of aryl methyl sites for hydroxylation is 2. The van der Waals surface area contributed by atoms with Crippen LogP contribution in [0.25, 0.3) is 35.1 Å². The second-order valence-electron chi connectivity index (χ2n) is 7.91. The quantitative estimate of drug-likeness (QED) is 0.296. The van der Waals surface area contributed by atoms with Gasteiger partial charge in [-0.3, -0.25) is 0 Å². The molecule has 0 saturated heterocycles. The third kappa shape index (κ3) is 4.60. The first-order valence-electron chi connectivity index (χ1n) is 10.8. The Bertz CT molecular complexity index is 1310. The van der Waals surface area contributed by atoms with E-state index in [1.807, 2.05) is 0 Å². The molecular weight excluding hydrogens is 392 g/mol. The van der Waals surface area contributed by atoms with Crippen molar-refractivity contribution in [2.45, 2.75) is 13.8 Å². The Morgan fingerprint density at radius 1 is 0.594 bits per heavy atom. The third-order valence-corrected chi connectivity index (χ3v) is 5.77. The standard InChI is InChI=1S/C30H28O2/c1-21-9-11-23(19-29(21)31-3)13-15-26-17-16-25-7-5-6-8-27(25)28(26)18-14-24-12-10-22(2)30(20-24)32-4/h5-20H,1-4H3. The summed E-state index contributed by atoms with van der Waals surface area (Å²) < 4.78 is 11.0. The number of hydrogen-bond donors (Lipinski definition) is 0. The molecule has 0 bridgehead atoms. The molecule has 0 amide bonds. The molecule has 0 fully saturated rings. The second kappa shape index (κ2) is 9.57. The maximum atomic E-state index is 5.49. The van der Waals surface area contributed by atoms with Crippen molar-refractivity contribution in [2.24, 2.45) is 0 Å². The molecule has 4 aromatic carbocycles. The molecule has 0 radical (unpaired) electrons. The number of fused-ring (bicyclic) bond motifs is 1. The molecule has 4 rings (SSSR count). The molecule has 0 aliphatic heterocycles. The first kappa shape index (κ1) is 21.5. The first-order valence-corrected chi connectivity index (χ1v) is 10.8. The molecular formula is C30H28O2. The fourth-order valence-electron chi connectivity index (χ4n) is 3.89. The number of hydrogen-bond acceptors (Lipinski definition) is 2. The van der Waals surface area contributed by atoms with Crippen LogP contribution >= 0.6 is 0 Å². The van der Waals surface area contributed by atoms with Gasteiger partial charge in [-0.15, -0.1) is 0 Å². The van der Waals surface area contributed by atoms with Crippen LogP contribution in [0.2, 0.25) is 0 Å². The predicted molar refractivity (Wildman–Crippen MR) is 137 cm³/mol. The minimum absolute atomic E-state index is 0.901. The number of benzene rings is 4. The molecule has 0 heterocycles. The molecule has 160 valence electrons. The Kier molecular flexibility index (Phi) is 6.42. The number of rotatable bonds is 6. The van der Waals surface area contributed by atoms with Crippen LogP contribution in [0.5, 0.6) is 11.5 Å². The van der Waals surface area contributed by atoms with Crippen molar-refractivity contribution < 1.29 is 9.47 Å². The summed E-state index contributed by atoms with van der Waals surface area (Å²) in [5.41, 5.74) is 6.84. The van der Waals surface area contributed by atoms with Crippen molar-refractivity contribution in [3.63, 3.8) is 0 Å². The van der Waals surface area contributed by atoms with Crippen LogP contribution < -0.4 is 9.47 Å². The minimum atomic E-state index is 0.901. The van der Waals surface area contributed by atoms with Gasteiger partial charge in [0.25, 0.3) is 0 Å². The van der Waals surface area contributed by atoms with Crippen LogP contribution in [0.3, 0.4) is 0 Å². The van der Waals surface area contributed by atoms with E-state index in [2.05, 4.69) is 111 Å². The molecule has 2 nitrogen and oxygen atoms in total. The summed E-state index contributed by atoms with van der Waals surface area (Å²) in [4.78, 5) is 0. The summed E-state index contributed by atoms with van der Waals surface area (Å²) in [6.07, 6.45) is 8.65. The fraction of sp³-hybridized carbons (Fsp3) is 0.133. The van der Waals surface area contributed by atoms with Gasteiger partial charge >= 0.3 is 0 Å². The molecule has 2 heteroatoms. The Balaban J connectivity index is 1.76. The molecule has 0 aliphatic rings. The molecule has 0 saturated carbocycles. The molecule has 32 heavy (non-hydrogen) atoms. The van der Waals surface area contributed by atoms with E-state index in [1.54, 1.807) is 14.2 Å². The molecule has 0 aromatic heterocycles. The van der Waals surface area contributed by atoms with Crippen molar-refractivity contribution in [3.05, 3.63) is 106 Å². The van der Waals surface area contributed by atoms with Crippen LogP contribution in [0.1, 0.15) is 33.4 Å². The van der Waals surface area contributed by atoms with Crippen molar-refractivity contribution in [3.8, 4) is 11.5 Å². The highest BCUT2D eigenvalue weighted by atomic mass is 16.5. The molecule has 0 unspecified atom stereocenters. The fourth-order valence-corrected chi connectivity index (χ4v) is 3.89. The van der Waals surface area contributed by atoms with Gasteiger partial charge in [-0.05, 0) is 70.1 Å². The molecule has 0 N–H and O–H groups in total. The van der Waals surface area contributed by atoms with Crippen LogP contribution in [-0.4, -0.2) is 14.2 Å². The van der Waals surface area contributed by atoms with Crippen LogP contribution in [-0.2, 0) is 0 Å². The van der Waals surface area contributed by atoms with Gasteiger partial charge in [0.1, 0.15) is 11.5 Å². The number of methoxy groups -OCH3 is 2. The van der Waals surface area contributed by atoms with E-state index in [9.17, 15) is 0 Å². The highest BCUT2D eigenvalue weighted by Crippen LogP contribution is 2.28. The zero-order valence-corrected chi connectivity index (χ0v) is 19.1. The SMILES string of the molecule is COc1cc(C=Cc2ccc3ccccc3c2C=Cc2ccc(C)c(OC)c2)ccc1C. The normalized spacial score (nSPS) is 11.5. The lowest BCUT2D eigenvalue weighted by molar-refractivity contribution is 0.411. The largest absolute Gasteiger partial charge is 0.496 e. The predicted octanol–water partition coefficient (Wildman–Crippen LogP) is 7.81. The van der Waals surface area contributed by atoms with Gasteiger partial charge in [-0.25, -0.2) is 0 Å². The highest BCUT2D eigenvalue weighted by Gasteiger charge is 2.05. The van der Waals surface area contributed by atoms with Crippen LogP contribution in [0, 0.1) is 13.8 Å². The Morgan fingerprint density at radius 2 is 1.19 bits per heavy atom. The summed E-state index contributed by atoms with van der Waals surface area (Å²) in [7, 11) is 3.42. The minimum Gasteiger partial charge on any atom is -0.496 e. The molecule has 0 aliphatic carbocycles. The van der Waals surface area contributed by atoms with Crippen molar-refractivity contribution in [2.75, 3.05) is 14.2 Å². The van der Waals surface area contributed by atoms with Gasteiger partial charge in [-0.1, -0.05) is 85.0 Å². The molecule has 4 aromatic rings. The molecule has 0 spiro atoms. The van der Waals surface area contributed by atoms with E-state index in [0.717, 1.165) is 33.8 Å². The van der Waals surface area contributed by atoms with E-state index in [0.29, 0.717) is 0 Å². The summed E-state index contributed by atoms with van der Waals surface area (Å²) in [5, 5.41) is 2.45. The van der Waals surface area contributed by atoms with Gasteiger partial charge in [0.2, 0.25) is 0 Å². The van der Waals surface area contributed by atoms with Gasteiger partial charge in [0, 0.05) is 0 Å². The van der Waals surface area contributed by atoms with E-state index in [-0.39, 0.29) is 0 Å². The summed E-state index contributed by atoms with van der Waals surface area (Å²) in [5.74, 6) is 1.80. The van der Waals surface area contributed by atoms with Gasteiger partial charge in [-0.2, -0.15) is 0 Å². The van der Waals surface area contributed by atoms with Crippen LogP contribution in [0.15, 0.2) is 72.8 Å². The average Bonchev–Trinajstić information content (AvgIpc) is 2.83. The van der Waals surface area contributed by atoms with E-state index in [1.165, 1.54) is 21.9 Å². The molecule has 0 atom stereocenters. The van der Waals surface area contributed by atoms with Crippen molar-refractivity contribution in [1.29, 1.82) is 0 Å². The third-order valence-electron chi connectivity index (χ3n) is 5.77. The maximum absolute atomic E-state index is 5.49. The van der Waals surface area contributed by atoms with Gasteiger partial charge in [0.15, 0.2) is 0 Å². The number of ether oxygens (including phenoxy) is 2. The Hall–Kier alpha value is -3.78. The zero-order valence-electron chi connectivity index (χ0n) is 19.1. The first-order chi connectivity index (χ1) is 15.6. The Morgan fingerprint density at radius 3 is 1.81 bits per heavy atom. The van der Waals surface area contributed by atoms with Gasteiger partial charge < -0.3 is 9.47 Å². The van der Waals surface area contributed by atoms with E-state index in [4.69, 9.17) is 9.47 Å². The second-order valence-corrected chi connectivity index (χ2v) is 7.91. The maximum Gasteiger partial charge on any atom is 0.122 e. The summed E-state index contributed by atoms with van der Waals surface area (Å²) in [6.45, 7) is 4.11. The average molecular weight is 421 g/mol. The zero-order chi connectivity index (χ0) is 22.5. The summed E-state index contributed by atoms with van der Waals surface area (Å²) >= 11 is 0. The van der Waals surface area contributed by atoms with E-state index < -0.39 is 0 Å². The Labute approximate surface area is 190 Å². The van der Waals surface area contributed by atoms with Crippen LogP contribution in [0.4, 0.5) is 0 Å². The van der Waals surface area contributed by atoms with E-state index >= 15 is 0 Å². The highest BCUT2D eigenvalue weighted by molar-refractivity contribution is 5.97. The summed E-state index contributed by atoms with van der Waals surface area (Å²) in [6, 6.07) is 25.4. The monoisotopic (exact) mass is 420 g/mol. The lowest BCUT2D eigenvalue weighted by Crippen LogP contribution is -1.88. The van der Waals surface area contributed by atoms with Crippen molar-refractivity contribution >= 4 is 35.1 Å².